The van der Waals surface area contributed by atoms with E-state index in [9.17, 15) is 9.18 Å². The number of rotatable bonds is 3. The van der Waals surface area contributed by atoms with Crippen LogP contribution >= 0.6 is 0 Å². The van der Waals surface area contributed by atoms with Crippen molar-refractivity contribution in [3.8, 4) is 22.7 Å². The van der Waals surface area contributed by atoms with Crippen molar-refractivity contribution in [3.63, 3.8) is 0 Å². The number of para-hydroxylation sites is 2. The van der Waals surface area contributed by atoms with Crippen LogP contribution in [0.1, 0.15) is 0 Å². The lowest BCUT2D eigenvalue weighted by Gasteiger charge is -2.08. The second-order valence-electron chi connectivity index (χ2n) is 4.52. The molecule has 0 unspecified atom stereocenters. The normalized spacial score (nSPS) is 10.6. The van der Waals surface area contributed by atoms with Crippen LogP contribution in [0.5, 0.6) is 5.75 Å². The van der Waals surface area contributed by atoms with Gasteiger partial charge in [-0.25, -0.2) is 9.07 Å². The molecule has 0 atom stereocenters. The number of methoxy groups -OCH3 is 1. The molecule has 0 spiro atoms. The van der Waals surface area contributed by atoms with Crippen LogP contribution in [0.4, 0.5) is 4.39 Å². The molecule has 0 saturated heterocycles. The minimum Gasteiger partial charge on any atom is -0.494 e. The first-order valence-electron chi connectivity index (χ1n) is 6.40. The number of halogens is 1. The summed E-state index contributed by atoms with van der Waals surface area (Å²) in [4.78, 5) is 12.2. The number of aromatic amines is 1. The lowest BCUT2D eigenvalue weighted by Crippen LogP contribution is -2.14. The molecule has 0 aliphatic rings. The molecular weight excluding hydrogens is 271 g/mol. The van der Waals surface area contributed by atoms with E-state index in [1.807, 2.05) is 12.1 Å². The largest absolute Gasteiger partial charge is 0.494 e. The molecule has 3 rings (SSSR count). The maximum absolute atomic E-state index is 13.0. The van der Waals surface area contributed by atoms with Gasteiger partial charge in [-0.3, -0.25) is 9.89 Å². The Kier molecular flexibility index (Phi) is 3.31. The van der Waals surface area contributed by atoms with E-state index < -0.39 is 0 Å². The number of benzene rings is 2. The molecular formula is C16H13FN2O2. The van der Waals surface area contributed by atoms with Gasteiger partial charge in [0, 0.05) is 6.07 Å². The van der Waals surface area contributed by atoms with Crippen molar-refractivity contribution in [2.45, 2.75) is 0 Å². The van der Waals surface area contributed by atoms with E-state index in [2.05, 4.69) is 5.10 Å². The Balaban J connectivity index is 2.10. The quantitative estimate of drug-likeness (QED) is 0.803. The highest BCUT2D eigenvalue weighted by Gasteiger charge is 2.10. The Bertz CT molecular complexity index is 819. The van der Waals surface area contributed by atoms with Gasteiger partial charge in [0.05, 0.1) is 12.8 Å². The molecule has 2 aromatic carbocycles. The molecule has 1 heterocycles. The van der Waals surface area contributed by atoms with Gasteiger partial charge < -0.3 is 4.74 Å². The molecule has 106 valence electrons. The van der Waals surface area contributed by atoms with Crippen molar-refractivity contribution < 1.29 is 9.13 Å². The van der Waals surface area contributed by atoms with E-state index in [0.717, 1.165) is 5.56 Å². The van der Waals surface area contributed by atoms with Crippen molar-refractivity contribution in [1.82, 2.24) is 9.78 Å². The molecule has 1 aromatic heterocycles. The van der Waals surface area contributed by atoms with Gasteiger partial charge in [-0.1, -0.05) is 12.1 Å². The molecule has 0 amide bonds. The number of hydrogen-bond acceptors (Lipinski definition) is 2. The number of nitrogens with zero attached hydrogens (tertiary/aromatic N) is 1. The highest BCUT2D eigenvalue weighted by atomic mass is 19.1. The second-order valence-corrected chi connectivity index (χ2v) is 4.52. The van der Waals surface area contributed by atoms with Crippen LogP contribution in [-0.4, -0.2) is 16.9 Å². The van der Waals surface area contributed by atoms with E-state index in [1.165, 1.54) is 22.9 Å². The molecule has 0 fully saturated rings. The predicted octanol–water partition coefficient (Wildman–Crippen LogP) is 2.98. The van der Waals surface area contributed by atoms with Crippen LogP contribution < -0.4 is 10.3 Å². The zero-order chi connectivity index (χ0) is 14.8. The van der Waals surface area contributed by atoms with Gasteiger partial charge in [-0.15, -0.1) is 0 Å². The van der Waals surface area contributed by atoms with Gasteiger partial charge in [0.15, 0.2) is 0 Å². The number of hydrogen-bond donors (Lipinski definition) is 1. The highest BCUT2D eigenvalue weighted by Crippen LogP contribution is 2.22. The molecule has 1 N–H and O–H groups in total. The first-order valence-corrected chi connectivity index (χ1v) is 6.40. The fourth-order valence-corrected chi connectivity index (χ4v) is 2.17. The molecule has 0 aliphatic heterocycles. The molecule has 0 bridgehead atoms. The molecule has 3 aromatic rings. The number of ether oxygens (including phenoxy) is 1. The first kappa shape index (κ1) is 13.2. The van der Waals surface area contributed by atoms with E-state index >= 15 is 0 Å². The highest BCUT2D eigenvalue weighted by molar-refractivity contribution is 5.59. The Hall–Kier alpha value is -2.82. The van der Waals surface area contributed by atoms with Crippen LogP contribution in [0.15, 0.2) is 59.4 Å². The van der Waals surface area contributed by atoms with Crippen molar-refractivity contribution in [2.24, 2.45) is 0 Å². The first-order chi connectivity index (χ1) is 10.2. The smallest absolute Gasteiger partial charge is 0.271 e. The van der Waals surface area contributed by atoms with Crippen LogP contribution in [0, 0.1) is 5.82 Å². The summed E-state index contributed by atoms with van der Waals surface area (Å²) < 4.78 is 19.6. The SMILES string of the molecule is COc1ccccc1-n1[nH]c(-c2ccc(F)cc2)cc1=O. The van der Waals surface area contributed by atoms with Crippen molar-refractivity contribution >= 4 is 0 Å². The summed E-state index contributed by atoms with van der Waals surface area (Å²) in [5.41, 5.74) is 1.77. The van der Waals surface area contributed by atoms with Gasteiger partial charge in [-0.2, -0.15) is 0 Å². The average Bonchev–Trinajstić information content (AvgIpc) is 2.89. The summed E-state index contributed by atoms with van der Waals surface area (Å²) in [6.07, 6.45) is 0. The van der Waals surface area contributed by atoms with E-state index in [-0.39, 0.29) is 11.4 Å². The van der Waals surface area contributed by atoms with Gasteiger partial charge >= 0.3 is 0 Å². The molecule has 0 radical (unpaired) electrons. The third kappa shape index (κ3) is 2.45. The van der Waals surface area contributed by atoms with Crippen LogP contribution in [-0.2, 0) is 0 Å². The molecule has 0 saturated carbocycles. The number of nitrogens with one attached hydrogen (secondary N) is 1. The summed E-state index contributed by atoms with van der Waals surface area (Å²) in [5, 5.41) is 3.01. The topological polar surface area (TPSA) is 47.0 Å². The van der Waals surface area contributed by atoms with Crippen molar-refractivity contribution in [1.29, 1.82) is 0 Å². The minimum absolute atomic E-state index is 0.209. The molecule has 5 heteroatoms. The lowest BCUT2D eigenvalue weighted by molar-refractivity contribution is 0.411. The molecule has 4 nitrogen and oxygen atoms in total. The van der Waals surface area contributed by atoms with Crippen LogP contribution in [0.25, 0.3) is 16.9 Å². The second kappa shape index (κ2) is 5.28. The zero-order valence-corrected chi connectivity index (χ0v) is 11.3. The maximum Gasteiger partial charge on any atom is 0.271 e. The van der Waals surface area contributed by atoms with Gasteiger partial charge in [0.2, 0.25) is 0 Å². The zero-order valence-electron chi connectivity index (χ0n) is 11.3. The van der Waals surface area contributed by atoms with Crippen molar-refractivity contribution in [2.75, 3.05) is 7.11 Å². The lowest BCUT2D eigenvalue weighted by atomic mass is 10.1. The van der Waals surface area contributed by atoms with E-state index in [0.29, 0.717) is 17.1 Å². The standard InChI is InChI=1S/C16H13FN2O2/c1-21-15-5-3-2-4-14(15)19-16(20)10-13(18-19)11-6-8-12(17)9-7-11/h2-10,18H,1H3. The van der Waals surface area contributed by atoms with E-state index in [4.69, 9.17) is 4.74 Å². The van der Waals surface area contributed by atoms with Gasteiger partial charge in [-0.05, 0) is 42.0 Å². The Morgan fingerprint density at radius 1 is 1.10 bits per heavy atom. The van der Waals surface area contributed by atoms with Gasteiger partial charge in [0.25, 0.3) is 5.56 Å². The fourth-order valence-electron chi connectivity index (χ4n) is 2.17. The summed E-state index contributed by atoms with van der Waals surface area (Å²) in [6, 6.07) is 14.6. The summed E-state index contributed by atoms with van der Waals surface area (Å²) >= 11 is 0. The summed E-state index contributed by atoms with van der Waals surface area (Å²) in [6.45, 7) is 0. The van der Waals surface area contributed by atoms with Crippen LogP contribution in [0.3, 0.4) is 0 Å². The number of aromatic nitrogens is 2. The number of H-pyrrole nitrogens is 1. The van der Waals surface area contributed by atoms with Gasteiger partial charge in [0.1, 0.15) is 17.3 Å². The monoisotopic (exact) mass is 284 g/mol. The fraction of sp³-hybridized carbons (Fsp3) is 0.0625. The Labute approximate surface area is 120 Å². The molecule has 21 heavy (non-hydrogen) atoms. The maximum atomic E-state index is 13.0. The minimum atomic E-state index is -0.315. The third-order valence-corrected chi connectivity index (χ3v) is 3.20. The Morgan fingerprint density at radius 2 is 1.81 bits per heavy atom. The summed E-state index contributed by atoms with van der Waals surface area (Å²) in [7, 11) is 1.55. The van der Waals surface area contributed by atoms with Crippen LogP contribution in [0.2, 0.25) is 0 Å². The van der Waals surface area contributed by atoms with E-state index in [1.54, 1.807) is 31.4 Å². The Morgan fingerprint density at radius 3 is 2.52 bits per heavy atom. The van der Waals surface area contributed by atoms with Crippen molar-refractivity contribution in [3.05, 3.63) is 70.8 Å². The molecule has 0 aliphatic carbocycles. The average molecular weight is 284 g/mol. The third-order valence-electron chi connectivity index (χ3n) is 3.20. The summed E-state index contributed by atoms with van der Waals surface area (Å²) in [5.74, 6) is 0.275. The predicted molar refractivity (Wildman–Crippen MR) is 78.3 cm³/mol.